The maximum atomic E-state index is 8.92. The minimum Gasteiger partial charge on any atom is -0.367 e. The Hall–Kier alpha value is -1.31. The zero-order valence-corrected chi connectivity index (χ0v) is 11.9. The highest BCUT2D eigenvalue weighted by Crippen LogP contribution is 2.28. The standard InChI is InChI=1S/C14H19ClN4/c1-10-11(8-16)7-12(15)13(19-10)18-9-14(17)5-3-2-4-6-14/h7H,2-6,9,17H2,1H3,(H,18,19). The highest BCUT2D eigenvalue weighted by atomic mass is 35.5. The number of hydrogen-bond donors (Lipinski definition) is 2. The van der Waals surface area contributed by atoms with Gasteiger partial charge in [-0.15, -0.1) is 0 Å². The van der Waals surface area contributed by atoms with E-state index in [0.29, 0.717) is 28.6 Å². The third kappa shape index (κ3) is 3.37. The van der Waals surface area contributed by atoms with Crippen LogP contribution < -0.4 is 11.1 Å². The lowest BCUT2D eigenvalue weighted by molar-refractivity contribution is 0.311. The van der Waals surface area contributed by atoms with E-state index >= 15 is 0 Å². The average Bonchev–Trinajstić information content (AvgIpc) is 2.40. The SMILES string of the molecule is Cc1nc(NCC2(N)CCCCC2)c(Cl)cc1C#N. The van der Waals surface area contributed by atoms with Crippen LogP contribution in [0.15, 0.2) is 6.07 Å². The van der Waals surface area contributed by atoms with E-state index in [2.05, 4.69) is 16.4 Å². The number of anilines is 1. The third-order valence-corrected chi connectivity index (χ3v) is 4.03. The summed E-state index contributed by atoms with van der Waals surface area (Å²) in [6, 6.07) is 3.73. The fraction of sp³-hybridized carbons (Fsp3) is 0.571. The average molecular weight is 279 g/mol. The monoisotopic (exact) mass is 278 g/mol. The largest absolute Gasteiger partial charge is 0.367 e. The summed E-state index contributed by atoms with van der Waals surface area (Å²) in [5, 5.41) is 12.6. The first-order valence-electron chi connectivity index (χ1n) is 6.64. The predicted octanol–water partition coefficient (Wildman–Crippen LogP) is 2.99. The van der Waals surface area contributed by atoms with Crippen molar-refractivity contribution in [3.8, 4) is 6.07 Å². The maximum Gasteiger partial charge on any atom is 0.145 e. The van der Waals surface area contributed by atoms with Crippen molar-refractivity contribution >= 4 is 17.4 Å². The molecule has 0 bridgehead atoms. The molecule has 1 aromatic heterocycles. The Kier molecular flexibility index (Phi) is 4.28. The van der Waals surface area contributed by atoms with Crippen LogP contribution in [0.5, 0.6) is 0 Å². The van der Waals surface area contributed by atoms with Gasteiger partial charge in [0.15, 0.2) is 0 Å². The number of nitriles is 1. The number of rotatable bonds is 3. The van der Waals surface area contributed by atoms with Gasteiger partial charge in [-0.2, -0.15) is 5.26 Å². The number of hydrogen-bond acceptors (Lipinski definition) is 4. The van der Waals surface area contributed by atoms with E-state index in [4.69, 9.17) is 22.6 Å². The Morgan fingerprint density at radius 3 is 2.79 bits per heavy atom. The molecule has 0 aliphatic heterocycles. The van der Waals surface area contributed by atoms with Crippen LogP contribution in [0.25, 0.3) is 0 Å². The fourth-order valence-electron chi connectivity index (χ4n) is 2.51. The Labute approximate surface area is 119 Å². The minimum absolute atomic E-state index is 0.162. The van der Waals surface area contributed by atoms with Gasteiger partial charge in [-0.05, 0) is 25.8 Å². The molecule has 1 aliphatic rings. The lowest BCUT2D eigenvalue weighted by Gasteiger charge is -2.33. The van der Waals surface area contributed by atoms with E-state index in [9.17, 15) is 0 Å². The summed E-state index contributed by atoms with van der Waals surface area (Å²) in [6.07, 6.45) is 5.71. The van der Waals surface area contributed by atoms with Gasteiger partial charge in [0.2, 0.25) is 0 Å². The highest BCUT2D eigenvalue weighted by molar-refractivity contribution is 6.33. The molecule has 1 aliphatic carbocycles. The number of aryl methyl sites for hydroxylation is 1. The van der Waals surface area contributed by atoms with Crippen LogP contribution in [0.3, 0.4) is 0 Å². The zero-order valence-electron chi connectivity index (χ0n) is 11.2. The van der Waals surface area contributed by atoms with Crippen molar-refractivity contribution in [3.05, 3.63) is 22.3 Å². The number of nitrogens with two attached hydrogens (primary N) is 1. The zero-order chi connectivity index (χ0) is 13.9. The van der Waals surface area contributed by atoms with E-state index in [1.54, 1.807) is 13.0 Å². The summed E-state index contributed by atoms with van der Waals surface area (Å²) < 4.78 is 0. The molecule has 1 fully saturated rings. The van der Waals surface area contributed by atoms with Gasteiger partial charge in [-0.3, -0.25) is 0 Å². The first-order valence-corrected chi connectivity index (χ1v) is 7.02. The van der Waals surface area contributed by atoms with Crippen LogP contribution in [0.4, 0.5) is 5.82 Å². The van der Waals surface area contributed by atoms with Gasteiger partial charge < -0.3 is 11.1 Å². The number of nitrogens with one attached hydrogen (secondary N) is 1. The molecule has 0 atom stereocenters. The Bertz CT molecular complexity index is 501. The van der Waals surface area contributed by atoms with Crippen LogP contribution in [0.2, 0.25) is 5.02 Å². The lowest BCUT2D eigenvalue weighted by Crippen LogP contribution is -2.47. The van der Waals surface area contributed by atoms with Crippen molar-refractivity contribution in [2.75, 3.05) is 11.9 Å². The van der Waals surface area contributed by atoms with Crippen molar-refractivity contribution in [2.45, 2.75) is 44.6 Å². The minimum atomic E-state index is -0.162. The Morgan fingerprint density at radius 1 is 1.47 bits per heavy atom. The summed E-state index contributed by atoms with van der Waals surface area (Å²) in [6.45, 7) is 2.48. The second-order valence-electron chi connectivity index (χ2n) is 5.34. The quantitative estimate of drug-likeness (QED) is 0.891. The van der Waals surface area contributed by atoms with Gasteiger partial charge in [0.1, 0.15) is 11.9 Å². The van der Waals surface area contributed by atoms with Crippen molar-refractivity contribution in [2.24, 2.45) is 5.73 Å². The molecule has 1 heterocycles. The fourth-order valence-corrected chi connectivity index (χ4v) is 2.73. The molecule has 2 rings (SSSR count). The first kappa shape index (κ1) is 14.1. The second kappa shape index (κ2) is 5.77. The van der Waals surface area contributed by atoms with E-state index in [0.717, 1.165) is 12.8 Å². The molecule has 3 N–H and O–H groups in total. The van der Waals surface area contributed by atoms with Gasteiger partial charge in [0.05, 0.1) is 16.3 Å². The maximum absolute atomic E-state index is 8.92. The molecule has 5 heteroatoms. The van der Waals surface area contributed by atoms with Crippen LogP contribution >= 0.6 is 11.6 Å². The van der Waals surface area contributed by atoms with Crippen molar-refractivity contribution in [1.82, 2.24) is 4.98 Å². The number of pyridine rings is 1. The molecule has 0 saturated heterocycles. The normalized spacial score (nSPS) is 17.8. The summed E-state index contributed by atoms with van der Waals surface area (Å²) in [4.78, 5) is 4.34. The number of halogens is 1. The third-order valence-electron chi connectivity index (χ3n) is 3.74. The van der Waals surface area contributed by atoms with Gasteiger partial charge in [-0.1, -0.05) is 30.9 Å². The lowest BCUT2D eigenvalue weighted by atomic mass is 9.82. The Morgan fingerprint density at radius 2 is 2.16 bits per heavy atom. The first-order chi connectivity index (χ1) is 9.04. The van der Waals surface area contributed by atoms with E-state index < -0.39 is 0 Å². The van der Waals surface area contributed by atoms with Crippen molar-refractivity contribution < 1.29 is 0 Å². The Balaban J connectivity index is 2.07. The molecule has 1 aromatic rings. The van der Waals surface area contributed by atoms with Crippen LogP contribution in [0, 0.1) is 18.3 Å². The molecule has 0 spiro atoms. The molecule has 0 aromatic carbocycles. The van der Waals surface area contributed by atoms with Crippen LogP contribution in [-0.4, -0.2) is 17.1 Å². The molecule has 0 unspecified atom stereocenters. The van der Waals surface area contributed by atoms with Gasteiger partial charge in [0.25, 0.3) is 0 Å². The van der Waals surface area contributed by atoms with Crippen molar-refractivity contribution in [1.29, 1.82) is 5.26 Å². The van der Waals surface area contributed by atoms with Gasteiger partial charge >= 0.3 is 0 Å². The van der Waals surface area contributed by atoms with E-state index in [-0.39, 0.29) is 5.54 Å². The smallest absolute Gasteiger partial charge is 0.145 e. The molecule has 4 nitrogen and oxygen atoms in total. The molecule has 1 saturated carbocycles. The number of nitrogens with zero attached hydrogens (tertiary/aromatic N) is 2. The summed E-state index contributed by atoms with van der Waals surface area (Å²) in [5.74, 6) is 0.619. The number of aromatic nitrogens is 1. The van der Waals surface area contributed by atoms with E-state index in [1.807, 2.05) is 0 Å². The van der Waals surface area contributed by atoms with Crippen molar-refractivity contribution in [3.63, 3.8) is 0 Å². The van der Waals surface area contributed by atoms with Gasteiger partial charge in [-0.25, -0.2) is 4.98 Å². The molecular weight excluding hydrogens is 260 g/mol. The molecule has 19 heavy (non-hydrogen) atoms. The van der Waals surface area contributed by atoms with Crippen LogP contribution in [-0.2, 0) is 0 Å². The van der Waals surface area contributed by atoms with Gasteiger partial charge in [0, 0.05) is 12.1 Å². The molecule has 0 radical (unpaired) electrons. The molecular formula is C14H19ClN4. The van der Waals surface area contributed by atoms with E-state index in [1.165, 1.54) is 19.3 Å². The predicted molar refractivity (Wildman–Crippen MR) is 77.2 cm³/mol. The topological polar surface area (TPSA) is 74.7 Å². The summed E-state index contributed by atoms with van der Waals surface area (Å²) in [7, 11) is 0. The molecule has 0 amide bonds. The van der Waals surface area contributed by atoms with Crippen LogP contribution in [0.1, 0.15) is 43.4 Å². The highest BCUT2D eigenvalue weighted by Gasteiger charge is 2.27. The summed E-state index contributed by atoms with van der Waals surface area (Å²) >= 11 is 6.13. The molecule has 102 valence electrons. The summed E-state index contributed by atoms with van der Waals surface area (Å²) in [5.41, 5.74) is 7.40. The second-order valence-corrected chi connectivity index (χ2v) is 5.75.